The molecular weight excluding hydrogens is 298 g/mol. The number of hydrogen-bond acceptors (Lipinski definition) is 6. The molecule has 3 aromatic heterocycles. The van der Waals surface area contributed by atoms with Crippen LogP contribution in [0.15, 0.2) is 41.7 Å². The van der Waals surface area contributed by atoms with Crippen molar-refractivity contribution in [3.8, 4) is 5.82 Å². The van der Waals surface area contributed by atoms with E-state index in [9.17, 15) is 9.59 Å². The molecule has 0 fully saturated rings. The lowest BCUT2D eigenvalue weighted by Crippen LogP contribution is -2.23. The van der Waals surface area contributed by atoms with Gasteiger partial charge in [-0.25, -0.2) is 19.6 Å². The Morgan fingerprint density at radius 3 is 2.74 bits per heavy atom. The third kappa shape index (κ3) is 2.98. The minimum atomic E-state index is -0.465. The molecule has 0 saturated heterocycles. The Labute approximate surface area is 130 Å². The summed E-state index contributed by atoms with van der Waals surface area (Å²) < 4.78 is 2.86. The third-order valence-corrected chi connectivity index (χ3v) is 3.16. The third-order valence-electron chi connectivity index (χ3n) is 3.16. The maximum Gasteiger partial charge on any atom is 0.277 e. The lowest BCUT2D eigenvalue weighted by atomic mass is 10.3. The van der Waals surface area contributed by atoms with Crippen LogP contribution in [0, 0.1) is 6.92 Å². The first-order valence-corrected chi connectivity index (χ1v) is 6.72. The molecule has 0 atom stereocenters. The quantitative estimate of drug-likeness (QED) is 0.746. The monoisotopic (exact) mass is 311 g/mol. The van der Waals surface area contributed by atoms with Crippen LogP contribution < -0.4 is 10.9 Å². The van der Waals surface area contributed by atoms with Crippen LogP contribution in [0.2, 0.25) is 0 Å². The molecule has 3 rings (SSSR count). The maximum absolute atomic E-state index is 12.2. The summed E-state index contributed by atoms with van der Waals surface area (Å²) in [6.07, 6.45) is 4.76. The Morgan fingerprint density at radius 2 is 2.04 bits per heavy atom. The van der Waals surface area contributed by atoms with Gasteiger partial charge < -0.3 is 5.32 Å². The molecule has 0 aliphatic rings. The van der Waals surface area contributed by atoms with Gasteiger partial charge in [-0.3, -0.25) is 14.2 Å². The lowest BCUT2D eigenvalue weighted by molar-refractivity contribution is 0.101. The number of aryl methyl sites for hydroxylation is 2. The van der Waals surface area contributed by atoms with Crippen LogP contribution in [-0.2, 0) is 7.05 Å². The van der Waals surface area contributed by atoms with Crippen molar-refractivity contribution in [2.24, 2.45) is 7.05 Å². The van der Waals surface area contributed by atoms with Crippen LogP contribution in [0.4, 0.5) is 5.82 Å². The normalized spacial score (nSPS) is 10.5. The first-order chi connectivity index (χ1) is 11.0. The van der Waals surface area contributed by atoms with Crippen molar-refractivity contribution in [3.05, 3.63) is 58.8 Å². The molecule has 0 unspecified atom stereocenters. The zero-order chi connectivity index (χ0) is 16.4. The SMILES string of the molecule is Cc1nccn1-c1cc(NC(=O)c2ccc(=O)n(C)n2)ncn1. The van der Waals surface area contributed by atoms with Crippen LogP contribution >= 0.6 is 0 Å². The molecule has 0 bridgehead atoms. The van der Waals surface area contributed by atoms with E-state index in [1.54, 1.807) is 23.0 Å². The molecule has 9 heteroatoms. The largest absolute Gasteiger partial charge is 0.305 e. The Hall–Kier alpha value is -3.36. The second-order valence-corrected chi connectivity index (χ2v) is 4.74. The highest BCUT2D eigenvalue weighted by molar-refractivity contribution is 6.02. The van der Waals surface area contributed by atoms with E-state index in [2.05, 4.69) is 25.4 Å². The fraction of sp³-hybridized carbons (Fsp3) is 0.143. The van der Waals surface area contributed by atoms with Gasteiger partial charge in [-0.15, -0.1) is 0 Å². The van der Waals surface area contributed by atoms with Crippen LogP contribution in [0.1, 0.15) is 16.3 Å². The number of aromatic nitrogens is 6. The average Bonchev–Trinajstić information content (AvgIpc) is 2.96. The molecule has 0 radical (unpaired) electrons. The summed E-state index contributed by atoms with van der Waals surface area (Å²) in [4.78, 5) is 35.8. The highest BCUT2D eigenvalue weighted by atomic mass is 16.2. The van der Waals surface area contributed by atoms with Gasteiger partial charge in [0.2, 0.25) is 0 Å². The molecule has 0 aliphatic heterocycles. The summed E-state index contributed by atoms with van der Waals surface area (Å²) >= 11 is 0. The summed E-state index contributed by atoms with van der Waals surface area (Å²) in [5, 5.41) is 6.51. The zero-order valence-electron chi connectivity index (χ0n) is 12.5. The molecule has 0 spiro atoms. The van der Waals surface area contributed by atoms with Crippen LogP contribution in [0.3, 0.4) is 0 Å². The average molecular weight is 311 g/mol. The van der Waals surface area contributed by atoms with E-state index in [1.165, 1.54) is 25.5 Å². The van der Waals surface area contributed by atoms with E-state index in [-0.39, 0.29) is 11.3 Å². The first-order valence-electron chi connectivity index (χ1n) is 6.72. The van der Waals surface area contributed by atoms with E-state index < -0.39 is 5.91 Å². The Bertz CT molecular complexity index is 929. The number of carbonyl (C=O) groups is 1. The van der Waals surface area contributed by atoms with E-state index >= 15 is 0 Å². The number of imidazole rings is 1. The van der Waals surface area contributed by atoms with Crippen molar-refractivity contribution < 1.29 is 4.79 Å². The van der Waals surface area contributed by atoms with Gasteiger partial charge in [0.25, 0.3) is 11.5 Å². The van der Waals surface area contributed by atoms with Crippen molar-refractivity contribution >= 4 is 11.7 Å². The summed E-state index contributed by atoms with van der Waals surface area (Å²) in [5.74, 6) is 1.20. The van der Waals surface area contributed by atoms with E-state index in [0.29, 0.717) is 11.6 Å². The molecule has 0 saturated carbocycles. The number of anilines is 1. The predicted octanol–water partition coefficient (Wildman–Crippen LogP) is 0.317. The smallest absolute Gasteiger partial charge is 0.277 e. The number of rotatable bonds is 3. The van der Waals surface area contributed by atoms with Gasteiger partial charge >= 0.3 is 0 Å². The van der Waals surface area contributed by atoms with Crippen LogP contribution in [0.25, 0.3) is 5.82 Å². The van der Waals surface area contributed by atoms with Crippen molar-refractivity contribution in [1.29, 1.82) is 0 Å². The van der Waals surface area contributed by atoms with Crippen molar-refractivity contribution in [2.75, 3.05) is 5.32 Å². The Morgan fingerprint density at radius 1 is 1.22 bits per heavy atom. The molecule has 1 N–H and O–H groups in total. The minimum Gasteiger partial charge on any atom is -0.305 e. The molecule has 116 valence electrons. The first kappa shape index (κ1) is 14.6. The molecule has 0 aliphatic carbocycles. The predicted molar refractivity (Wildman–Crippen MR) is 81.3 cm³/mol. The summed E-state index contributed by atoms with van der Waals surface area (Å²) in [5.41, 5.74) is -0.174. The van der Waals surface area contributed by atoms with Gasteiger partial charge in [-0.05, 0) is 13.0 Å². The second kappa shape index (κ2) is 5.79. The maximum atomic E-state index is 12.2. The summed E-state index contributed by atoms with van der Waals surface area (Å²) in [6, 6.07) is 4.26. The molecule has 3 heterocycles. The van der Waals surface area contributed by atoms with Gasteiger partial charge in [0.15, 0.2) is 0 Å². The number of nitrogens with zero attached hydrogens (tertiary/aromatic N) is 6. The molecular formula is C14H13N7O2. The molecule has 0 aromatic carbocycles. The molecule has 3 aromatic rings. The van der Waals surface area contributed by atoms with Gasteiger partial charge in [0, 0.05) is 31.6 Å². The van der Waals surface area contributed by atoms with Gasteiger partial charge in [-0.1, -0.05) is 0 Å². The van der Waals surface area contributed by atoms with E-state index in [4.69, 9.17) is 0 Å². The lowest BCUT2D eigenvalue weighted by Gasteiger charge is -2.07. The van der Waals surface area contributed by atoms with Crippen molar-refractivity contribution in [2.45, 2.75) is 6.92 Å². The number of amides is 1. The molecule has 9 nitrogen and oxygen atoms in total. The highest BCUT2D eigenvalue weighted by Gasteiger charge is 2.11. The molecule has 23 heavy (non-hydrogen) atoms. The van der Waals surface area contributed by atoms with E-state index in [1.807, 2.05) is 6.92 Å². The van der Waals surface area contributed by atoms with Crippen LogP contribution in [0.5, 0.6) is 0 Å². The molecule has 1 amide bonds. The van der Waals surface area contributed by atoms with Crippen LogP contribution in [-0.4, -0.2) is 35.2 Å². The second-order valence-electron chi connectivity index (χ2n) is 4.74. The zero-order valence-corrected chi connectivity index (χ0v) is 12.5. The number of hydrogen-bond donors (Lipinski definition) is 1. The minimum absolute atomic E-state index is 0.117. The summed E-state index contributed by atoms with van der Waals surface area (Å²) in [7, 11) is 1.48. The fourth-order valence-electron chi connectivity index (χ4n) is 1.97. The van der Waals surface area contributed by atoms with Crippen molar-refractivity contribution in [1.82, 2.24) is 29.3 Å². The summed E-state index contributed by atoms with van der Waals surface area (Å²) in [6.45, 7) is 1.84. The highest BCUT2D eigenvalue weighted by Crippen LogP contribution is 2.11. The van der Waals surface area contributed by atoms with E-state index in [0.717, 1.165) is 10.5 Å². The van der Waals surface area contributed by atoms with Gasteiger partial charge in [0.1, 0.15) is 29.5 Å². The standard InChI is InChI=1S/C14H13N7O2/c1-9-15-5-6-21(9)12-7-11(16-8-17-12)18-14(23)10-3-4-13(22)20(2)19-10/h3-8H,1-2H3,(H,16,17,18,23). The van der Waals surface area contributed by atoms with Gasteiger partial charge in [-0.2, -0.15) is 5.10 Å². The fourth-order valence-corrected chi connectivity index (χ4v) is 1.97. The Kier molecular flexibility index (Phi) is 3.67. The topological polar surface area (TPSA) is 108 Å². The van der Waals surface area contributed by atoms with Gasteiger partial charge in [0.05, 0.1) is 0 Å². The van der Waals surface area contributed by atoms with Crippen molar-refractivity contribution in [3.63, 3.8) is 0 Å². The number of carbonyl (C=O) groups excluding carboxylic acids is 1. The Balaban J connectivity index is 1.85. The number of nitrogens with one attached hydrogen (secondary N) is 1.